The van der Waals surface area contributed by atoms with Crippen molar-refractivity contribution in [2.24, 2.45) is 22.5 Å². The van der Waals surface area contributed by atoms with Gasteiger partial charge in [0.25, 0.3) is 0 Å². The van der Waals surface area contributed by atoms with E-state index in [1.807, 2.05) is 30.3 Å². The second-order valence-electron chi connectivity index (χ2n) is 8.40. The first-order valence-electron chi connectivity index (χ1n) is 10.5. The van der Waals surface area contributed by atoms with E-state index in [0.29, 0.717) is 17.9 Å². The number of nitrogens with two attached hydrogens (primary N) is 3. The molecule has 12 heteroatoms. The van der Waals surface area contributed by atoms with Crippen LogP contribution < -0.4 is 27.5 Å². The van der Waals surface area contributed by atoms with Gasteiger partial charge in [-0.05, 0) is 31.0 Å². The molecule has 0 saturated carbocycles. The standard InChI is InChI=1S/C22H33N7O4S/c1-22(2,23)21(30)26-19(15-33-14-16-9-5-4-6-10-16)20(27-24)29(25)13-17-11-7-8-12-18(17)28-34(3,31)32/h4-12,19,28H,13-15,23-25H2,1-3H3,(H,26,30)/b27-20-. The molecule has 0 heterocycles. The highest BCUT2D eigenvalue weighted by molar-refractivity contribution is 7.92. The molecule has 0 aliphatic rings. The summed E-state index contributed by atoms with van der Waals surface area (Å²) in [6, 6.07) is 15.5. The molecule has 1 unspecified atom stereocenters. The molecule has 186 valence electrons. The summed E-state index contributed by atoms with van der Waals surface area (Å²) < 4.78 is 31.7. The third kappa shape index (κ3) is 8.63. The molecule has 1 amide bonds. The number of carbonyl (C=O) groups excluding carboxylic acids is 1. The molecule has 2 aromatic carbocycles. The van der Waals surface area contributed by atoms with Crippen LogP contribution in [0.1, 0.15) is 25.0 Å². The molecule has 8 N–H and O–H groups in total. The Morgan fingerprint density at radius 1 is 1.15 bits per heavy atom. The fourth-order valence-corrected chi connectivity index (χ4v) is 3.58. The summed E-state index contributed by atoms with van der Waals surface area (Å²) in [7, 11) is -3.50. The second kappa shape index (κ2) is 11.8. The monoisotopic (exact) mass is 491 g/mol. The number of hydrazone groups is 1. The van der Waals surface area contributed by atoms with E-state index in [9.17, 15) is 13.2 Å². The summed E-state index contributed by atoms with van der Waals surface area (Å²) in [6.45, 7) is 3.49. The Bertz CT molecular complexity index is 1090. The van der Waals surface area contributed by atoms with Crippen LogP contribution in [0.2, 0.25) is 0 Å². The van der Waals surface area contributed by atoms with Gasteiger partial charge in [0.2, 0.25) is 15.9 Å². The maximum absolute atomic E-state index is 12.6. The smallest absolute Gasteiger partial charge is 0.240 e. The lowest BCUT2D eigenvalue weighted by molar-refractivity contribution is -0.126. The van der Waals surface area contributed by atoms with E-state index in [0.717, 1.165) is 11.8 Å². The van der Waals surface area contributed by atoms with Crippen molar-refractivity contribution in [3.63, 3.8) is 0 Å². The molecule has 0 radical (unpaired) electrons. The van der Waals surface area contributed by atoms with Crippen molar-refractivity contribution in [3.8, 4) is 0 Å². The van der Waals surface area contributed by atoms with Gasteiger partial charge >= 0.3 is 0 Å². The van der Waals surface area contributed by atoms with Gasteiger partial charge in [0.15, 0.2) is 5.84 Å². The first kappa shape index (κ1) is 27.1. The van der Waals surface area contributed by atoms with E-state index >= 15 is 0 Å². The fraction of sp³-hybridized carbons (Fsp3) is 0.364. The second-order valence-corrected chi connectivity index (χ2v) is 10.1. The van der Waals surface area contributed by atoms with Gasteiger partial charge in [-0.15, -0.1) is 0 Å². The number of para-hydroxylation sites is 1. The zero-order valence-corrected chi connectivity index (χ0v) is 20.4. The van der Waals surface area contributed by atoms with Crippen LogP contribution in [0.4, 0.5) is 5.69 Å². The first-order valence-corrected chi connectivity index (χ1v) is 12.4. The van der Waals surface area contributed by atoms with Gasteiger partial charge < -0.3 is 21.6 Å². The Morgan fingerprint density at radius 2 is 1.76 bits per heavy atom. The number of hydrogen-bond donors (Lipinski definition) is 5. The number of hydrazine groups is 1. The number of sulfonamides is 1. The highest BCUT2D eigenvalue weighted by Gasteiger charge is 2.29. The molecule has 0 bridgehead atoms. The molecule has 0 aliphatic heterocycles. The topological polar surface area (TPSA) is 178 Å². The third-order valence-electron chi connectivity index (χ3n) is 4.68. The van der Waals surface area contributed by atoms with E-state index in [4.69, 9.17) is 22.2 Å². The summed E-state index contributed by atoms with van der Waals surface area (Å²) in [6.07, 6.45) is 1.06. The predicted molar refractivity (Wildman–Crippen MR) is 133 cm³/mol. The molecule has 0 aromatic heterocycles. The minimum absolute atomic E-state index is 0.0175. The number of ether oxygens (including phenoxy) is 1. The van der Waals surface area contributed by atoms with Crippen molar-refractivity contribution >= 4 is 27.5 Å². The van der Waals surface area contributed by atoms with Gasteiger partial charge in [-0.25, -0.2) is 14.3 Å². The Balaban J connectivity index is 2.22. The van der Waals surface area contributed by atoms with Crippen molar-refractivity contribution in [1.82, 2.24) is 10.3 Å². The van der Waals surface area contributed by atoms with Crippen LogP contribution >= 0.6 is 0 Å². The maximum atomic E-state index is 12.6. The average molecular weight is 492 g/mol. The summed E-state index contributed by atoms with van der Waals surface area (Å²) in [5.74, 6) is 11.6. The van der Waals surface area contributed by atoms with Gasteiger partial charge in [-0.1, -0.05) is 48.5 Å². The van der Waals surface area contributed by atoms with Crippen LogP contribution in [-0.2, 0) is 32.7 Å². The molecule has 1 atom stereocenters. The maximum Gasteiger partial charge on any atom is 0.240 e. The van der Waals surface area contributed by atoms with Gasteiger partial charge in [0.1, 0.15) is 6.04 Å². The highest BCUT2D eigenvalue weighted by atomic mass is 32.2. The van der Waals surface area contributed by atoms with Crippen molar-refractivity contribution < 1.29 is 17.9 Å². The number of hydrogen-bond acceptors (Lipinski definition) is 8. The molecule has 0 fully saturated rings. The van der Waals surface area contributed by atoms with Gasteiger partial charge in [-0.2, -0.15) is 5.10 Å². The number of benzene rings is 2. The fourth-order valence-electron chi connectivity index (χ4n) is 2.98. The molecule has 34 heavy (non-hydrogen) atoms. The van der Waals surface area contributed by atoms with Crippen molar-refractivity contribution in [2.75, 3.05) is 17.6 Å². The summed E-state index contributed by atoms with van der Waals surface area (Å²) >= 11 is 0. The number of carbonyl (C=O) groups is 1. The van der Waals surface area contributed by atoms with E-state index in [2.05, 4.69) is 15.1 Å². The summed E-state index contributed by atoms with van der Waals surface area (Å²) in [4.78, 5) is 12.6. The lowest BCUT2D eigenvalue weighted by Gasteiger charge is -2.30. The number of amides is 1. The van der Waals surface area contributed by atoms with Gasteiger partial charge in [0.05, 0.1) is 37.2 Å². The quantitative estimate of drug-likeness (QED) is 0.130. The number of amidine groups is 1. The third-order valence-corrected chi connectivity index (χ3v) is 5.27. The van der Waals surface area contributed by atoms with Crippen LogP contribution in [0.5, 0.6) is 0 Å². The minimum Gasteiger partial charge on any atom is -0.374 e. The lowest BCUT2D eigenvalue weighted by Crippen LogP contribution is -2.59. The Hall–Kier alpha value is -3.19. The molecule has 11 nitrogen and oxygen atoms in total. The van der Waals surface area contributed by atoms with Crippen LogP contribution in [0.25, 0.3) is 0 Å². The lowest BCUT2D eigenvalue weighted by atomic mass is 10.1. The first-order chi connectivity index (χ1) is 15.9. The number of nitrogens with zero attached hydrogens (tertiary/aromatic N) is 2. The zero-order valence-electron chi connectivity index (χ0n) is 19.6. The van der Waals surface area contributed by atoms with Gasteiger partial charge in [-0.3, -0.25) is 14.5 Å². The SMILES string of the molecule is CC(C)(N)C(=O)NC(COCc1ccccc1)/C(=N/N)N(N)Cc1ccccc1NS(C)(=O)=O. The molecular weight excluding hydrogens is 458 g/mol. The molecule has 0 spiro atoms. The van der Waals surface area contributed by atoms with Crippen LogP contribution in [0.15, 0.2) is 59.7 Å². The van der Waals surface area contributed by atoms with Crippen LogP contribution in [0.3, 0.4) is 0 Å². The number of nitrogens with one attached hydrogen (secondary N) is 2. The summed E-state index contributed by atoms with van der Waals surface area (Å²) in [5, 5.41) is 7.80. The Morgan fingerprint density at radius 3 is 2.35 bits per heavy atom. The average Bonchev–Trinajstić information content (AvgIpc) is 2.74. The summed E-state index contributed by atoms with van der Waals surface area (Å²) in [5.41, 5.74) is 6.65. The largest absolute Gasteiger partial charge is 0.374 e. The van der Waals surface area contributed by atoms with Gasteiger partial charge in [0, 0.05) is 0 Å². The molecule has 0 aliphatic carbocycles. The minimum atomic E-state index is -3.50. The zero-order chi connectivity index (χ0) is 25.4. The Kier molecular flexibility index (Phi) is 9.38. The van der Waals surface area contributed by atoms with Crippen LogP contribution in [-0.4, -0.2) is 49.6 Å². The van der Waals surface area contributed by atoms with E-state index in [-0.39, 0.29) is 19.0 Å². The number of rotatable bonds is 11. The molecular formula is C22H33N7O4S. The van der Waals surface area contributed by atoms with Crippen molar-refractivity contribution in [3.05, 3.63) is 65.7 Å². The molecule has 0 saturated heterocycles. The normalized spacial score (nSPS) is 13.3. The van der Waals surface area contributed by atoms with E-state index < -0.39 is 27.5 Å². The molecule has 2 aromatic rings. The predicted octanol–water partition coefficient (Wildman–Crippen LogP) is 0.445. The molecule has 2 rings (SSSR count). The highest BCUT2D eigenvalue weighted by Crippen LogP contribution is 2.18. The van der Waals surface area contributed by atoms with Crippen molar-refractivity contribution in [1.29, 1.82) is 0 Å². The van der Waals surface area contributed by atoms with E-state index in [1.165, 1.54) is 5.01 Å². The Labute approximate surface area is 200 Å². The van der Waals surface area contributed by atoms with E-state index in [1.54, 1.807) is 38.1 Å². The van der Waals surface area contributed by atoms with Crippen molar-refractivity contribution in [2.45, 2.75) is 38.6 Å². The van der Waals surface area contributed by atoms with Crippen LogP contribution in [0, 0.1) is 0 Å². The number of anilines is 1.